The first kappa shape index (κ1) is 19.4. The molecule has 0 saturated carbocycles. The number of rotatable bonds is 8. The average molecular weight is 403 g/mol. The fourth-order valence-electron chi connectivity index (χ4n) is 2.54. The fraction of sp³-hybridized carbons (Fsp3) is 0.250. The van der Waals surface area contributed by atoms with Gasteiger partial charge in [0.1, 0.15) is 5.75 Å². The Kier molecular flexibility index (Phi) is 6.13. The van der Waals surface area contributed by atoms with Crippen LogP contribution in [0, 0.1) is 6.92 Å². The predicted octanol–water partition coefficient (Wildman–Crippen LogP) is 5.10. The van der Waals surface area contributed by atoms with Crippen LogP contribution in [0.4, 0.5) is 5.69 Å². The van der Waals surface area contributed by atoms with Gasteiger partial charge in [-0.2, -0.15) is 0 Å². The summed E-state index contributed by atoms with van der Waals surface area (Å²) in [6, 6.07) is 13.7. The van der Waals surface area contributed by atoms with E-state index >= 15 is 0 Å². The maximum atomic E-state index is 12.8. The Balaban J connectivity index is 1.81. The van der Waals surface area contributed by atoms with Gasteiger partial charge in [0.05, 0.1) is 27.9 Å². The number of ether oxygens (including phenoxy) is 1. The van der Waals surface area contributed by atoms with E-state index in [1.54, 1.807) is 36.4 Å². The standard InChI is InChI=1S/C20H22N2O3S2/c1-3-4-13-25-16-9-11-17(12-10-16)27(23,24)22-19-8-6-5-7-18(19)20-14-26-15(2)21-20/h5-12,14,22H,3-4,13H2,1-2H3. The SMILES string of the molecule is CCCCOc1ccc(S(=O)(=O)Nc2ccccc2-c2csc(C)n2)cc1. The van der Waals surface area contributed by atoms with Crippen LogP contribution in [0.25, 0.3) is 11.3 Å². The van der Waals surface area contributed by atoms with Crippen molar-refractivity contribution in [1.29, 1.82) is 0 Å². The maximum absolute atomic E-state index is 12.8. The Morgan fingerprint density at radius 3 is 2.52 bits per heavy atom. The van der Waals surface area contributed by atoms with E-state index in [0.717, 1.165) is 29.1 Å². The molecule has 0 unspecified atom stereocenters. The minimum atomic E-state index is -3.71. The third-order valence-electron chi connectivity index (χ3n) is 3.97. The van der Waals surface area contributed by atoms with Gasteiger partial charge in [0.25, 0.3) is 10.0 Å². The Labute approximate surface area is 164 Å². The van der Waals surface area contributed by atoms with Crippen molar-refractivity contribution in [3.8, 4) is 17.0 Å². The highest BCUT2D eigenvalue weighted by molar-refractivity contribution is 7.92. The number of aryl methyl sites for hydroxylation is 1. The molecule has 3 rings (SSSR count). The number of nitrogens with zero attached hydrogens (tertiary/aromatic N) is 1. The number of benzene rings is 2. The second kappa shape index (κ2) is 8.54. The number of hydrogen-bond donors (Lipinski definition) is 1. The van der Waals surface area contributed by atoms with Crippen LogP contribution in [0.5, 0.6) is 5.75 Å². The van der Waals surface area contributed by atoms with Gasteiger partial charge in [-0.25, -0.2) is 13.4 Å². The van der Waals surface area contributed by atoms with Crippen LogP contribution < -0.4 is 9.46 Å². The first-order valence-electron chi connectivity index (χ1n) is 8.77. The molecule has 1 heterocycles. The fourth-order valence-corrected chi connectivity index (χ4v) is 4.23. The third-order valence-corrected chi connectivity index (χ3v) is 6.12. The van der Waals surface area contributed by atoms with Crippen molar-refractivity contribution in [2.75, 3.05) is 11.3 Å². The Morgan fingerprint density at radius 1 is 1.11 bits per heavy atom. The molecule has 7 heteroatoms. The Morgan fingerprint density at radius 2 is 1.85 bits per heavy atom. The second-order valence-corrected chi connectivity index (χ2v) is 8.82. The van der Waals surface area contributed by atoms with E-state index in [1.165, 1.54) is 11.3 Å². The normalized spacial score (nSPS) is 11.3. The van der Waals surface area contributed by atoms with Crippen molar-refractivity contribution in [2.24, 2.45) is 0 Å². The molecule has 27 heavy (non-hydrogen) atoms. The molecule has 0 aliphatic rings. The molecule has 0 spiro atoms. The van der Waals surface area contributed by atoms with E-state index in [2.05, 4.69) is 16.6 Å². The largest absolute Gasteiger partial charge is 0.494 e. The van der Waals surface area contributed by atoms with Gasteiger partial charge in [-0.15, -0.1) is 11.3 Å². The van der Waals surface area contributed by atoms with Crippen molar-refractivity contribution in [3.63, 3.8) is 0 Å². The molecule has 5 nitrogen and oxygen atoms in total. The minimum Gasteiger partial charge on any atom is -0.494 e. The van der Waals surface area contributed by atoms with Crippen molar-refractivity contribution >= 4 is 27.0 Å². The first-order valence-corrected chi connectivity index (χ1v) is 11.1. The summed E-state index contributed by atoms with van der Waals surface area (Å²) in [6.45, 7) is 4.64. The molecule has 1 N–H and O–H groups in total. The highest BCUT2D eigenvalue weighted by atomic mass is 32.2. The summed E-state index contributed by atoms with van der Waals surface area (Å²) in [4.78, 5) is 4.65. The number of nitrogens with one attached hydrogen (secondary N) is 1. The Hall–Kier alpha value is -2.38. The number of aromatic nitrogens is 1. The summed E-state index contributed by atoms with van der Waals surface area (Å²) < 4.78 is 33.9. The smallest absolute Gasteiger partial charge is 0.261 e. The van der Waals surface area contributed by atoms with Crippen molar-refractivity contribution in [1.82, 2.24) is 4.98 Å². The molecule has 0 aliphatic heterocycles. The lowest BCUT2D eigenvalue weighted by Gasteiger charge is -2.12. The zero-order valence-electron chi connectivity index (χ0n) is 15.3. The van der Waals surface area contributed by atoms with Crippen LogP contribution in [0.3, 0.4) is 0 Å². The van der Waals surface area contributed by atoms with Gasteiger partial charge in [0.15, 0.2) is 0 Å². The lowest BCUT2D eigenvalue weighted by Crippen LogP contribution is -2.13. The molecule has 0 bridgehead atoms. The highest BCUT2D eigenvalue weighted by Crippen LogP contribution is 2.30. The number of thiazole rings is 1. The van der Waals surface area contributed by atoms with Crippen LogP contribution in [-0.4, -0.2) is 20.0 Å². The number of unbranched alkanes of at least 4 members (excludes halogenated alkanes) is 1. The van der Waals surface area contributed by atoms with E-state index in [-0.39, 0.29) is 4.90 Å². The van der Waals surface area contributed by atoms with Gasteiger partial charge in [0.2, 0.25) is 0 Å². The third kappa shape index (κ3) is 4.87. The first-order chi connectivity index (χ1) is 13.0. The van der Waals surface area contributed by atoms with Crippen LogP contribution in [0.15, 0.2) is 58.8 Å². The van der Waals surface area contributed by atoms with Crippen LogP contribution >= 0.6 is 11.3 Å². The quantitative estimate of drug-likeness (QED) is 0.532. The topological polar surface area (TPSA) is 68.3 Å². The Bertz CT molecular complexity index is 996. The summed E-state index contributed by atoms with van der Waals surface area (Å²) in [7, 11) is -3.71. The number of anilines is 1. The molecule has 2 aromatic carbocycles. The van der Waals surface area contributed by atoms with Crippen molar-refractivity contribution < 1.29 is 13.2 Å². The molecule has 0 aliphatic carbocycles. The van der Waals surface area contributed by atoms with Crippen LogP contribution in [-0.2, 0) is 10.0 Å². The molecule has 1 aromatic heterocycles. The average Bonchev–Trinajstić information content (AvgIpc) is 3.09. The molecular weight excluding hydrogens is 380 g/mol. The van der Waals surface area contributed by atoms with Gasteiger partial charge in [-0.3, -0.25) is 4.72 Å². The zero-order valence-corrected chi connectivity index (χ0v) is 16.9. The van der Waals surface area contributed by atoms with E-state index in [0.29, 0.717) is 18.0 Å². The molecule has 142 valence electrons. The van der Waals surface area contributed by atoms with Gasteiger partial charge in [-0.1, -0.05) is 31.5 Å². The lowest BCUT2D eigenvalue weighted by atomic mass is 10.1. The summed E-state index contributed by atoms with van der Waals surface area (Å²) in [5.74, 6) is 0.667. The van der Waals surface area contributed by atoms with E-state index < -0.39 is 10.0 Å². The molecule has 0 atom stereocenters. The molecule has 3 aromatic rings. The molecule has 0 amide bonds. The van der Waals surface area contributed by atoms with E-state index in [9.17, 15) is 8.42 Å². The summed E-state index contributed by atoms with van der Waals surface area (Å²) in [6.07, 6.45) is 2.02. The number of hydrogen-bond acceptors (Lipinski definition) is 5. The molecule has 0 fully saturated rings. The van der Waals surface area contributed by atoms with Crippen molar-refractivity contribution in [2.45, 2.75) is 31.6 Å². The monoisotopic (exact) mass is 402 g/mol. The van der Waals surface area contributed by atoms with Gasteiger partial charge < -0.3 is 4.74 Å². The van der Waals surface area contributed by atoms with Gasteiger partial charge >= 0.3 is 0 Å². The predicted molar refractivity (Wildman–Crippen MR) is 110 cm³/mol. The highest BCUT2D eigenvalue weighted by Gasteiger charge is 2.17. The summed E-state index contributed by atoms with van der Waals surface area (Å²) in [5.41, 5.74) is 2.02. The molecular formula is C20H22N2O3S2. The van der Waals surface area contributed by atoms with E-state index in [4.69, 9.17) is 4.74 Å². The zero-order chi connectivity index (χ0) is 19.3. The van der Waals surface area contributed by atoms with Crippen LogP contribution in [0.2, 0.25) is 0 Å². The van der Waals surface area contributed by atoms with Crippen molar-refractivity contribution in [3.05, 3.63) is 58.9 Å². The summed E-state index contributed by atoms with van der Waals surface area (Å²) in [5, 5.41) is 2.85. The maximum Gasteiger partial charge on any atom is 0.261 e. The van der Waals surface area contributed by atoms with Gasteiger partial charge in [0, 0.05) is 10.9 Å². The number of para-hydroxylation sites is 1. The second-order valence-electron chi connectivity index (χ2n) is 6.08. The lowest BCUT2D eigenvalue weighted by molar-refractivity contribution is 0.309. The number of sulfonamides is 1. The molecule has 0 radical (unpaired) electrons. The van der Waals surface area contributed by atoms with Crippen LogP contribution in [0.1, 0.15) is 24.8 Å². The summed E-state index contributed by atoms with van der Waals surface area (Å²) >= 11 is 1.53. The van der Waals surface area contributed by atoms with Gasteiger partial charge in [-0.05, 0) is 43.7 Å². The molecule has 0 saturated heterocycles. The van der Waals surface area contributed by atoms with E-state index in [1.807, 2.05) is 24.4 Å². The minimum absolute atomic E-state index is 0.189.